The first-order valence-corrected chi connectivity index (χ1v) is 8.40. The Morgan fingerprint density at radius 1 is 0.960 bits per heavy atom. The van der Waals surface area contributed by atoms with Gasteiger partial charge in [0, 0.05) is 29.7 Å². The molecule has 0 aliphatic rings. The van der Waals surface area contributed by atoms with Crippen LogP contribution in [0.3, 0.4) is 0 Å². The van der Waals surface area contributed by atoms with E-state index in [-0.39, 0.29) is 0 Å². The Balaban J connectivity index is 1.86. The maximum absolute atomic E-state index is 6.21. The van der Waals surface area contributed by atoms with Crippen molar-refractivity contribution in [3.8, 4) is 11.3 Å². The lowest BCUT2D eigenvalue weighted by atomic mass is 10.1. The van der Waals surface area contributed by atoms with Crippen molar-refractivity contribution in [2.45, 2.75) is 6.54 Å². The van der Waals surface area contributed by atoms with Gasteiger partial charge in [-0.1, -0.05) is 66.2 Å². The first-order chi connectivity index (χ1) is 12.3. The van der Waals surface area contributed by atoms with Gasteiger partial charge in [0.2, 0.25) is 5.95 Å². The minimum absolute atomic E-state index is 0.549. The lowest BCUT2D eigenvalue weighted by Gasteiger charge is -2.11. The molecule has 0 atom stereocenters. The number of nitrogens with zero attached hydrogens (tertiary/aromatic N) is 2. The Hall–Kier alpha value is -2.85. The molecule has 0 radical (unpaired) electrons. The molecule has 0 amide bonds. The van der Waals surface area contributed by atoms with Crippen LogP contribution in [0.2, 0.25) is 5.02 Å². The summed E-state index contributed by atoms with van der Waals surface area (Å²) in [4.78, 5) is 9.14. The molecule has 3 aromatic rings. The van der Waals surface area contributed by atoms with Crippen molar-refractivity contribution in [1.29, 1.82) is 0 Å². The molecule has 5 heteroatoms. The summed E-state index contributed by atoms with van der Waals surface area (Å²) in [5.41, 5.74) is 2.88. The highest BCUT2D eigenvalue weighted by atomic mass is 35.5. The van der Waals surface area contributed by atoms with Crippen LogP contribution in [-0.4, -0.2) is 16.5 Å². The second-order valence-electron chi connectivity index (χ2n) is 5.44. The van der Waals surface area contributed by atoms with Gasteiger partial charge in [0.05, 0.1) is 5.69 Å². The van der Waals surface area contributed by atoms with Gasteiger partial charge in [0.1, 0.15) is 5.82 Å². The van der Waals surface area contributed by atoms with E-state index in [0.717, 1.165) is 27.7 Å². The topological polar surface area (TPSA) is 49.8 Å². The third kappa shape index (κ3) is 4.58. The zero-order chi connectivity index (χ0) is 17.5. The first kappa shape index (κ1) is 17.0. The summed E-state index contributed by atoms with van der Waals surface area (Å²) in [7, 11) is 0. The van der Waals surface area contributed by atoms with Gasteiger partial charge >= 0.3 is 0 Å². The van der Waals surface area contributed by atoms with Gasteiger partial charge in [-0.15, -0.1) is 6.58 Å². The molecule has 25 heavy (non-hydrogen) atoms. The van der Waals surface area contributed by atoms with Crippen LogP contribution in [0, 0.1) is 0 Å². The third-order valence-corrected chi connectivity index (χ3v) is 3.99. The summed E-state index contributed by atoms with van der Waals surface area (Å²) in [6.07, 6.45) is 1.79. The smallest absolute Gasteiger partial charge is 0.225 e. The van der Waals surface area contributed by atoms with Gasteiger partial charge in [-0.2, -0.15) is 4.98 Å². The summed E-state index contributed by atoms with van der Waals surface area (Å²) in [6.45, 7) is 4.92. The van der Waals surface area contributed by atoms with Gasteiger partial charge in [0.15, 0.2) is 0 Å². The quantitative estimate of drug-likeness (QED) is 0.588. The number of anilines is 2. The number of benzene rings is 2. The fraction of sp³-hybridized carbons (Fsp3) is 0.100. The molecule has 126 valence electrons. The first-order valence-electron chi connectivity index (χ1n) is 8.03. The Morgan fingerprint density at radius 3 is 2.48 bits per heavy atom. The zero-order valence-electron chi connectivity index (χ0n) is 13.7. The van der Waals surface area contributed by atoms with Crippen LogP contribution in [-0.2, 0) is 6.54 Å². The molecule has 4 nitrogen and oxygen atoms in total. The number of rotatable bonds is 7. The van der Waals surface area contributed by atoms with Crippen LogP contribution < -0.4 is 10.6 Å². The summed E-state index contributed by atoms with van der Waals surface area (Å²) < 4.78 is 0. The van der Waals surface area contributed by atoms with E-state index < -0.39 is 0 Å². The third-order valence-electron chi connectivity index (χ3n) is 3.62. The molecular weight excluding hydrogens is 332 g/mol. The largest absolute Gasteiger partial charge is 0.366 e. The highest BCUT2D eigenvalue weighted by Crippen LogP contribution is 2.22. The monoisotopic (exact) mass is 350 g/mol. The predicted molar refractivity (Wildman–Crippen MR) is 105 cm³/mol. The van der Waals surface area contributed by atoms with Gasteiger partial charge in [-0.3, -0.25) is 0 Å². The molecule has 2 aromatic carbocycles. The molecule has 0 fully saturated rings. The number of halogens is 1. The molecule has 0 unspecified atom stereocenters. The van der Waals surface area contributed by atoms with Crippen molar-refractivity contribution in [3.63, 3.8) is 0 Å². The lowest BCUT2D eigenvalue weighted by molar-refractivity contribution is 1.05. The molecule has 0 saturated carbocycles. The normalized spacial score (nSPS) is 10.3. The van der Waals surface area contributed by atoms with E-state index in [2.05, 4.69) is 27.2 Å². The molecule has 1 aromatic heterocycles. The Bertz CT molecular complexity index is 849. The predicted octanol–water partition coefficient (Wildman–Crippen LogP) is 5.01. The molecular formula is C20H19ClN4. The van der Waals surface area contributed by atoms with E-state index in [1.165, 1.54) is 0 Å². The van der Waals surface area contributed by atoms with Crippen LogP contribution in [0.1, 0.15) is 5.56 Å². The Morgan fingerprint density at radius 2 is 1.72 bits per heavy atom. The molecule has 3 rings (SSSR count). The molecule has 0 aliphatic heterocycles. The number of hydrogen-bond acceptors (Lipinski definition) is 4. The van der Waals surface area contributed by atoms with Crippen molar-refractivity contribution < 1.29 is 0 Å². The number of nitrogens with one attached hydrogen (secondary N) is 2. The molecule has 0 spiro atoms. The molecule has 0 aliphatic carbocycles. The van der Waals surface area contributed by atoms with Gasteiger partial charge in [-0.05, 0) is 11.6 Å². The SMILES string of the molecule is C=CCNc1cc(-c2ccccc2)nc(NCc2ccccc2Cl)n1. The summed E-state index contributed by atoms with van der Waals surface area (Å²) in [6, 6.07) is 19.7. The van der Waals surface area contributed by atoms with Crippen LogP contribution in [0.25, 0.3) is 11.3 Å². The van der Waals surface area contributed by atoms with E-state index in [1.54, 1.807) is 6.08 Å². The molecule has 0 bridgehead atoms. The van der Waals surface area contributed by atoms with Crippen molar-refractivity contribution in [2.75, 3.05) is 17.2 Å². The average Bonchev–Trinajstić information content (AvgIpc) is 2.66. The lowest BCUT2D eigenvalue weighted by Crippen LogP contribution is -2.08. The summed E-state index contributed by atoms with van der Waals surface area (Å²) in [5.74, 6) is 1.29. The second kappa shape index (κ2) is 8.31. The molecule has 2 N–H and O–H groups in total. The van der Waals surface area contributed by atoms with Gasteiger partial charge in [-0.25, -0.2) is 4.98 Å². The minimum Gasteiger partial charge on any atom is -0.366 e. The van der Waals surface area contributed by atoms with Crippen molar-refractivity contribution >= 4 is 23.4 Å². The number of aromatic nitrogens is 2. The van der Waals surface area contributed by atoms with E-state index >= 15 is 0 Å². The maximum Gasteiger partial charge on any atom is 0.225 e. The molecule has 0 saturated heterocycles. The van der Waals surface area contributed by atoms with E-state index in [1.807, 2.05) is 60.7 Å². The molecule has 1 heterocycles. The Kier molecular flexibility index (Phi) is 5.65. The van der Waals surface area contributed by atoms with Crippen molar-refractivity contribution in [2.24, 2.45) is 0 Å². The zero-order valence-corrected chi connectivity index (χ0v) is 14.5. The highest BCUT2D eigenvalue weighted by molar-refractivity contribution is 6.31. The highest BCUT2D eigenvalue weighted by Gasteiger charge is 2.07. The van der Waals surface area contributed by atoms with E-state index in [4.69, 9.17) is 11.6 Å². The van der Waals surface area contributed by atoms with E-state index in [0.29, 0.717) is 19.0 Å². The van der Waals surface area contributed by atoms with Crippen LogP contribution in [0.15, 0.2) is 73.3 Å². The van der Waals surface area contributed by atoms with Crippen LogP contribution >= 0.6 is 11.6 Å². The van der Waals surface area contributed by atoms with Crippen LogP contribution in [0.4, 0.5) is 11.8 Å². The van der Waals surface area contributed by atoms with Gasteiger partial charge in [0.25, 0.3) is 0 Å². The standard InChI is InChI=1S/C20H19ClN4/c1-2-12-22-19-13-18(15-8-4-3-5-9-15)24-20(25-19)23-14-16-10-6-7-11-17(16)21/h2-11,13H,1,12,14H2,(H2,22,23,24,25). The fourth-order valence-corrected chi connectivity index (χ4v) is 2.57. The van der Waals surface area contributed by atoms with Crippen molar-refractivity contribution in [3.05, 3.63) is 83.9 Å². The van der Waals surface area contributed by atoms with E-state index in [9.17, 15) is 0 Å². The summed E-state index contributed by atoms with van der Waals surface area (Å²) >= 11 is 6.21. The average molecular weight is 351 g/mol. The number of hydrogen-bond donors (Lipinski definition) is 2. The summed E-state index contributed by atoms with van der Waals surface area (Å²) in [5, 5.41) is 7.20. The Labute approximate surface area is 152 Å². The maximum atomic E-state index is 6.21. The fourth-order valence-electron chi connectivity index (χ4n) is 2.37. The van der Waals surface area contributed by atoms with Crippen molar-refractivity contribution in [1.82, 2.24) is 9.97 Å². The van der Waals surface area contributed by atoms with Gasteiger partial charge < -0.3 is 10.6 Å². The minimum atomic E-state index is 0.549. The second-order valence-corrected chi connectivity index (χ2v) is 5.85. The van der Waals surface area contributed by atoms with Crippen LogP contribution in [0.5, 0.6) is 0 Å².